The summed E-state index contributed by atoms with van der Waals surface area (Å²) in [5.74, 6) is 0. The van der Waals surface area contributed by atoms with Crippen molar-refractivity contribution < 1.29 is 5.11 Å². The molecule has 1 heterocycles. The van der Waals surface area contributed by atoms with E-state index in [1.165, 1.54) is 0 Å². The first-order chi connectivity index (χ1) is 6.58. The van der Waals surface area contributed by atoms with Gasteiger partial charge in [-0.3, -0.25) is 9.80 Å². The van der Waals surface area contributed by atoms with E-state index in [1.807, 2.05) is 13.8 Å². The normalized spacial score (nSPS) is 24.9. The first-order valence-electron chi connectivity index (χ1n) is 5.46. The second-order valence-electron chi connectivity index (χ2n) is 4.43. The van der Waals surface area contributed by atoms with Crippen molar-refractivity contribution in [1.29, 1.82) is 0 Å². The molecule has 1 aliphatic heterocycles. The largest absolute Gasteiger partial charge is 0.392 e. The average Bonchev–Trinajstić information content (AvgIpc) is 2.06. The van der Waals surface area contributed by atoms with Crippen LogP contribution in [-0.4, -0.2) is 66.3 Å². The molecule has 0 radical (unpaired) electrons. The molecule has 2 unspecified atom stereocenters. The number of nitrogens with two attached hydrogens (primary N) is 1. The zero-order valence-electron chi connectivity index (χ0n) is 9.32. The lowest BCUT2D eigenvalue weighted by atomic mass is 10.2. The molecule has 3 N–H and O–H groups in total. The molecule has 14 heavy (non-hydrogen) atoms. The summed E-state index contributed by atoms with van der Waals surface area (Å²) in [4.78, 5) is 4.70. The molecule has 84 valence electrons. The summed E-state index contributed by atoms with van der Waals surface area (Å²) >= 11 is 0. The predicted octanol–water partition coefficient (Wildman–Crippen LogP) is -0.668. The summed E-state index contributed by atoms with van der Waals surface area (Å²) in [6.07, 6.45) is -0.213. The van der Waals surface area contributed by atoms with Crippen LogP contribution >= 0.6 is 0 Å². The van der Waals surface area contributed by atoms with Gasteiger partial charge in [0.2, 0.25) is 0 Å². The number of hydrogen-bond donors (Lipinski definition) is 2. The Hall–Kier alpha value is -0.160. The highest BCUT2D eigenvalue weighted by molar-refractivity contribution is 4.74. The van der Waals surface area contributed by atoms with Crippen LogP contribution in [0.2, 0.25) is 0 Å². The third kappa shape index (κ3) is 4.37. The van der Waals surface area contributed by atoms with Crippen molar-refractivity contribution in [1.82, 2.24) is 9.80 Å². The Balaban J connectivity index is 2.17. The molecule has 0 amide bonds. The second-order valence-corrected chi connectivity index (χ2v) is 4.43. The van der Waals surface area contributed by atoms with Gasteiger partial charge in [-0.1, -0.05) is 0 Å². The lowest BCUT2D eigenvalue weighted by Crippen LogP contribution is -2.50. The molecule has 1 aliphatic rings. The summed E-state index contributed by atoms with van der Waals surface area (Å²) in [6, 6.07) is 0.262. The van der Waals surface area contributed by atoms with E-state index in [9.17, 15) is 5.11 Å². The van der Waals surface area contributed by atoms with Crippen molar-refractivity contribution in [3.63, 3.8) is 0 Å². The van der Waals surface area contributed by atoms with E-state index in [4.69, 9.17) is 5.73 Å². The summed E-state index contributed by atoms with van der Waals surface area (Å²) in [5.41, 5.74) is 5.74. The molecule has 0 spiro atoms. The summed E-state index contributed by atoms with van der Waals surface area (Å²) in [7, 11) is 0. The van der Waals surface area contributed by atoms with Crippen LogP contribution in [0.15, 0.2) is 0 Å². The topological polar surface area (TPSA) is 52.7 Å². The van der Waals surface area contributed by atoms with Crippen LogP contribution in [0, 0.1) is 0 Å². The van der Waals surface area contributed by atoms with Crippen LogP contribution in [0.4, 0.5) is 0 Å². The first kappa shape index (κ1) is 11.9. The van der Waals surface area contributed by atoms with E-state index in [2.05, 4.69) is 9.80 Å². The van der Waals surface area contributed by atoms with Gasteiger partial charge in [0.25, 0.3) is 0 Å². The van der Waals surface area contributed by atoms with Gasteiger partial charge in [-0.2, -0.15) is 0 Å². The van der Waals surface area contributed by atoms with Gasteiger partial charge in [-0.25, -0.2) is 0 Å². The van der Waals surface area contributed by atoms with E-state index < -0.39 is 0 Å². The Bertz CT molecular complexity index is 135. The van der Waals surface area contributed by atoms with Crippen molar-refractivity contribution in [3.8, 4) is 0 Å². The van der Waals surface area contributed by atoms with Crippen LogP contribution in [-0.2, 0) is 0 Å². The van der Waals surface area contributed by atoms with Gasteiger partial charge < -0.3 is 10.8 Å². The molecule has 4 heteroatoms. The Morgan fingerprint density at radius 2 is 1.50 bits per heavy atom. The number of β-amino-alcohol motifs (C(OH)–C–C–N with tert-alkyl or cyclic N) is 1. The van der Waals surface area contributed by atoms with Gasteiger partial charge in [-0.15, -0.1) is 0 Å². The molecule has 0 aromatic carbocycles. The molecule has 0 bridgehead atoms. The summed E-state index contributed by atoms with van der Waals surface area (Å²) in [5, 5.41) is 9.24. The van der Waals surface area contributed by atoms with Crippen molar-refractivity contribution >= 4 is 0 Å². The third-order valence-corrected chi connectivity index (χ3v) is 2.53. The minimum absolute atomic E-state index is 0.213. The van der Waals surface area contributed by atoms with Crippen molar-refractivity contribution in [2.45, 2.75) is 26.0 Å². The number of hydrogen-bond acceptors (Lipinski definition) is 4. The Morgan fingerprint density at radius 1 is 1.07 bits per heavy atom. The molecular formula is C10H23N3O. The minimum atomic E-state index is -0.213. The molecule has 1 fully saturated rings. The summed E-state index contributed by atoms with van der Waals surface area (Å²) in [6.45, 7) is 9.93. The van der Waals surface area contributed by atoms with Crippen molar-refractivity contribution in [2.75, 3.05) is 39.3 Å². The molecular weight excluding hydrogens is 178 g/mol. The van der Waals surface area contributed by atoms with E-state index in [-0.39, 0.29) is 12.1 Å². The molecule has 1 saturated heterocycles. The van der Waals surface area contributed by atoms with E-state index in [0.29, 0.717) is 0 Å². The molecule has 0 aromatic rings. The van der Waals surface area contributed by atoms with Crippen LogP contribution in [0.3, 0.4) is 0 Å². The van der Waals surface area contributed by atoms with Crippen LogP contribution in [0.5, 0.6) is 0 Å². The van der Waals surface area contributed by atoms with Crippen LogP contribution in [0.25, 0.3) is 0 Å². The molecule has 2 atom stereocenters. The summed E-state index contributed by atoms with van der Waals surface area (Å²) < 4.78 is 0. The van der Waals surface area contributed by atoms with Gasteiger partial charge in [0, 0.05) is 45.3 Å². The maximum atomic E-state index is 9.24. The Kier molecular flexibility index (Phi) is 4.81. The number of aliphatic hydroxyl groups excluding tert-OH is 1. The zero-order valence-corrected chi connectivity index (χ0v) is 9.32. The van der Waals surface area contributed by atoms with Crippen molar-refractivity contribution in [3.05, 3.63) is 0 Å². The highest BCUT2D eigenvalue weighted by Crippen LogP contribution is 2.02. The highest BCUT2D eigenvalue weighted by atomic mass is 16.3. The number of piperazine rings is 1. The molecule has 0 aliphatic carbocycles. The molecule has 1 rings (SSSR count). The monoisotopic (exact) mass is 201 g/mol. The van der Waals surface area contributed by atoms with Gasteiger partial charge >= 0.3 is 0 Å². The number of aliphatic hydroxyl groups is 1. The lowest BCUT2D eigenvalue weighted by molar-refractivity contribution is 0.0792. The standard InChI is InChI=1S/C10H23N3O/c1-9(11)7-12-3-5-13(6-4-12)8-10(2)14/h9-10,14H,3-8,11H2,1-2H3. The average molecular weight is 201 g/mol. The molecule has 0 saturated carbocycles. The highest BCUT2D eigenvalue weighted by Gasteiger charge is 2.17. The van der Waals surface area contributed by atoms with Crippen LogP contribution in [0.1, 0.15) is 13.8 Å². The molecule has 0 aromatic heterocycles. The number of rotatable bonds is 4. The fraction of sp³-hybridized carbons (Fsp3) is 1.00. The van der Waals surface area contributed by atoms with Gasteiger partial charge in [0.15, 0.2) is 0 Å². The van der Waals surface area contributed by atoms with Gasteiger partial charge in [-0.05, 0) is 13.8 Å². The maximum Gasteiger partial charge on any atom is 0.0639 e. The Morgan fingerprint density at radius 3 is 1.86 bits per heavy atom. The smallest absolute Gasteiger partial charge is 0.0639 e. The lowest BCUT2D eigenvalue weighted by Gasteiger charge is -2.35. The predicted molar refractivity (Wildman–Crippen MR) is 58.2 cm³/mol. The number of nitrogens with zero attached hydrogens (tertiary/aromatic N) is 2. The van der Waals surface area contributed by atoms with Crippen LogP contribution < -0.4 is 5.73 Å². The zero-order chi connectivity index (χ0) is 10.6. The van der Waals surface area contributed by atoms with Crippen molar-refractivity contribution in [2.24, 2.45) is 5.73 Å². The Labute approximate surface area is 86.7 Å². The third-order valence-electron chi connectivity index (χ3n) is 2.53. The second kappa shape index (κ2) is 5.66. The molecule has 4 nitrogen and oxygen atoms in total. The quantitative estimate of drug-likeness (QED) is 0.633. The van der Waals surface area contributed by atoms with Gasteiger partial charge in [0.1, 0.15) is 0 Å². The van der Waals surface area contributed by atoms with E-state index in [0.717, 1.165) is 39.3 Å². The maximum absolute atomic E-state index is 9.24. The van der Waals surface area contributed by atoms with Gasteiger partial charge in [0.05, 0.1) is 6.10 Å². The fourth-order valence-corrected chi connectivity index (χ4v) is 1.94. The minimum Gasteiger partial charge on any atom is -0.392 e. The van der Waals surface area contributed by atoms with E-state index >= 15 is 0 Å². The SMILES string of the molecule is CC(N)CN1CCN(CC(C)O)CC1. The first-order valence-corrected chi connectivity index (χ1v) is 5.46. The van der Waals surface area contributed by atoms with E-state index in [1.54, 1.807) is 0 Å². The fourth-order valence-electron chi connectivity index (χ4n) is 1.94.